The number of rotatable bonds is 18. The molecule has 0 spiro atoms. The number of aliphatic hydroxyl groups excluding tert-OH is 2. The van der Waals surface area contributed by atoms with E-state index in [9.17, 15) is 9.59 Å². The lowest BCUT2D eigenvalue weighted by molar-refractivity contribution is -0.140. The van der Waals surface area contributed by atoms with Gasteiger partial charge in [-0.05, 0) is 129 Å². The van der Waals surface area contributed by atoms with Crippen LogP contribution >= 0.6 is 0 Å². The van der Waals surface area contributed by atoms with Crippen LogP contribution in [0.25, 0.3) is 11.1 Å². The second kappa shape index (κ2) is 19.5. The summed E-state index contributed by atoms with van der Waals surface area (Å²) in [6.45, 7) is 10.6. The fourth-order valence-electron chi connectivity index (χ4n) is 7.61. The average Bonchev–Trinajstić information content (AvgIpc) is 3.13. The molecule has 4 rings (SSSR count). The van der Waals surface area contributed by atoms with Gasteiger partial charge in [0.1, 0.15) is 0 Å². The van der Waals surface area contributed by atoms with Gasteiger partial charge in [0.25, 0.3) is 0 Å². The zero-order valence-corrected chi connectivity index (χ0v) is 28.8. The number of ether oxygens (including phenoxy) is 2. The lowest BCUT2D eigenvalue weighted by Crippen LogP contribution is -2.25. The molecule has 2 fully saturated rings. The summed E-state index contributed by atoms with van der Waals surface area (Å²) in [6, 6.07) is 15.7. The fourth-order valence-corrected chi connectivity index (χ4v) is 7.61. The third-order valence-corrected chi connectivity index (χ3v) is 10.5. The zero-order valence-electron chi connectivity index (χ0n) is 28.8. The molecule has 2 aromatic carbocycles. The molecule has 2 aliphatic carbocycles. The lowest BCUT2D eigenvalue weighted by Gasteiger charge is -2.38. The van der Waals surface area contributed by atoms with E-state index in [2.05, 4.69) is 68.3 Å². The molecule has 0 radical (unpaired) electrons. The number of allylic oxidation sites excluding steroid dienone is 1. The summed E-state index contributed by atoms with van der Waals surface area (Å²) in [5, 5.41) is 18.2. The van der Waals surface area contributed by atoms with E-state index in [1.165, 1.54) is 68.9 Å². The van der Waals surface area contributed by atoms with Gasteiger partial charge in [-0.25, -0.2) is 9.59 Å². The van der Waals surface area contributed by atoms with E-state index >= 15 is 0 Å². The van der Waals surface area contributed by atoms with E-state index in [1.807, 2.05) is 0 Å². The molecule has 2 aromatic rings. The highest BCUT2D eigenvalue weighted by Gasteiger charge is 2.31. The molecule has 0 aromatic heterocycles. The number of esters is 2. The van der Waals surface area contributed by atoms with Crippen LogP contribution < -0.4 is 0 Å². The Morgan fingerprint density at radius 2 is 1.21 bits per heavy atom. The predicted octanol–water partition coefficient (Wildman–Crippen LogP) is 8.45. The standard InChI is InChI=1S/C42H56O6/c1-4-5-8-32-11-13-35(14-12-32)36-15-17-37(18-16-36)38-19-21-39(22-20-38)40-26-33(9-6-23-47-41(45)30(2)28-43)25-34(27-40)10-7-24-48-42(46)31(3)29-44/h4,19-22,25-27,32,35-37,43-44H,1-3,5-18,23-24,28-29H2. The summed E-state index contributed by atoms with van der Waals surface area (Å²) in [6.07, 6.45) is 18.2. The molecule has 2 saturated carbocycles. The molecule has 6 heteroatoms. The Balaban J connectivity index is 1.35. The van der Waals surface area contributed by atoms with Crippen LogP contribution in [-0.4, -0.2) is 48.6 Å². The van der Waals surface area contributed by atoms with Crippen molar-refractivity contribution in [2.75, 3.05) is 26.4 Å². The van der Waals surface area contributed by atoms with E-state index in [1.54, 1.807) is 0 Å². The van der Waals surface area contributed by atoms with Gasteiger partial charge in [0.2, 0.25) is 0 Å². The third kappa shape index (κ3) is 11.3. The predicted molar refractivity (Wildman–Crippen MR) is 192 cm³/mol. The van der Waals surface area contributed by atoms with Gasteiger partial charge in [0, 0.05) is 0 Å². The summed E-state index contributed by atoms with van der Waals surface area (Å²) >= 11 is 0. The minimum atomic E-state index is -0.569. The first kappa shape index (κ1) is 37.3. The Morgan fingerprint density at radius 1 is 0.708 bits per heavy atom. The van der Waals surface area contributed by atoms with Crippen molar-refractivity contribution in [1.82, 2.24) is 0 Å². The van der Waals surface area contributed by atoms with Crippen molar-refractivity contribution in [3.05, 3.63) is 96.1 Å². The van der Waals surface area contributed by atoms with E-state index < -0.39 is 25.2 Å². The Bertz CT molecular complexity index is 1300. The lowest BCUT2D eigenvalue weighted by atomic mass is 9.68. The van der Waals surface area contributed by atoms with Gasteiger partial charge in [-0.15, -0.1) is 6.58 Å². The van der Waals surface area contributed by atoms with Crippen molar-refractivity contribution in [2.24, 2.45) is 17.8 Å². The van der Waals surface area contributed by atoms with Crippen LogP contribution in [0.2, 0.25) is 0 Å². The van der Waals surface area contributed by atoms with Gasteiger partial charge in [0.05, 0.1) is 37.6 Å². The van der Waals surface area contributed by atoms with Crippen molar-refractivity contribution in [3.63, 3.8) is 0 Å². The van der Waals surface area contributed by atoms with E-state index in [0.29, 0.717) is 18.8 Å². The Labute approximate surface area is 287 Å². The molecule has 260 valence electrons. The van der Waals surface area contributed by atoms with Crippen molar-refractivity contribution >= 4 is 11.9 Å². The molecule has 2 N–H and O–H groups in total. The molecule has 0 atom stereocenters. The highest BCUT2D eigenvalue weighted by molar-refractivity contribution is 5.88. The van der Waals surface area contributed by atoms with Crippen LogP contribution in [0.5, 0.6) is 0 Å². The van der Waals surface area contributed by atoms with Crippen molar-refractivity contribution in [2.45, 2.75) is 95.8 Å². The number of aliphatic hydroxyl groups is 2. The molecular weight excluding hydrogens is 600 g/mol. The molecule has 6 nitrogen and oxygen atoms in total. The number of carbonyl (C=O) groups excluding carboxylic acids is 2. The summed E-state index contributed by atoms with van der Waals surface area (Å²) in [5.41, 5.74) is 6.13. The highest BCUT2D eigenvalue weighted by atomic mass is 16.5. The quantitative estimate of drug-likeness (QED) is 0.0724. The highest BCUT2D eigenvalue weighted by Crippen LogP contribution is 2.44. The van der Waals surface area contributed by atoms with Gasteiger partial charge in [-0.1, -0.05) is 74.5 Å². The zero-order chi connectivity index (χ0) is 34.3. The number of hydrogen-bond acceptors (Lipinski definition) is 6. The summed E-state index contributed by atoms with van der Waals surface area (Å²) in [5.74, 6) is 2.24. The Morgan fingerprint density at radius 3 is 1.69 bits per heavy atom. The average molecular weight is 657 g/mol. The maximum atomic E-state index is 11.9. The minimum Gasteiger partial charge on any atom is -0.462 e. The SMILES string of the molecule is C=CCCC1CCC(C2CCC(c3ccc(-c4cc(CCCOC(=O)C(=C)CO)cc(CCCOC(=O)C(=C)CO)c4)cc3)CC2)CC1. The van der Waals surface area contributed by atoms with Gasteiger partial charge >= 0.3 is 11.9 Å². The monoisotopic (exact) mass is 656 g/mol. The van der Waals surface area contributed by atoms with Crippen molar-refractivity contribution in [1.29, 1.82) is 0 Å². The molecule has 0 aliphatic heterocycles. The van der Waals surface area contributed by atoms with E-state index in [4.69, 9.17) is 19.7 Å². The maximum Gasteiger partial charge on any atom is 0.335 e. The molecule has 48 heavy (non-hydrogen) atoms. The summed E-state index contributed by atoms with van der Waals surface area (Å²) in [4.78, 5) is 23.7. The van der Waals surface area contributed by atoms with Gasteiger partial charge in [-0.3, -0.25) is 0 Å². The Kier molecular flexibility index (Phi) is 15.2. The normalized spacial score (nSPS) is 20.9. The Hall–Kier alpha value is -3.48. The van der Waals surface area contributed by atoms with Crippen LogP contribution in [-0.2, 0) is 31.9 Å². The largest absolute Gasteiger partial charge is 0.462 e. The first-order valence-electron chi connectivity index (χ1n) is 18.1. The number of carbonyl (C=O) groups is 2. The smallest absolute Gasteiger partial charge is 0.335 e. The molecule has 0 bridgehead atoms. The molecule has 0 heterocycles. The summed E-state index contributed by atoms with van der Waals surface area (Å²) in [7, 11) is 0. The topological polar surface area (TPSA) is 93.1 Å². The van der Waals surface area contributed by atoms with E-state index in [-0.39, 0.29) is 24.4 Å². The van der Waals surface area contributed by atoms with Crippen LogP contribution in [0.1, 0.15) is 99.7 Å². The van der Waals surface area contributed by atoms with Gasteiger partial charge < -0.3 is 19.7 Å². The molecule has 0 unspecified atom stereocenters. The second-order valence-electron chi connectivity index (χ2n) is 13.9. The van der Waals surface area contributed by atoms with Crippen LogP contribution in [0.4, 0.5) is 0 Å². The third-order valence-electron chi connectivity index (χ3n) is 10.5. The van der Waals surface area contributed by atoms with Gasteiger partial charge in [-0.2, -0.15) is 0 Å². The molecular formula is C42H56O6. The van der Waals surface area contributed by atoms with Crippen molar-refractivity contribution < 1.29 is 29.3 Å². The number of hydrogen-bond donors (Lipinski definition) is 2. The first-order valence-corrected chi connectivity index (χ1v) is 18.1. The van der Waals surface area contributed by atoms with Crippen molar-refractivity contribution in [3.8, 4) is 11.1 Å². The maximum absolute atomic E-state index is 11.9. The van der Waals surface area contributed by atoms with E-state index in [0.717, 1.165) is 53.7 Å². The molecule has 2 aliphatic rings. The fraction of sp³-hybridized carbons (Fsp3) is 0.524. The summed E-state index contributed by atoms with van der Waals surface area (Å²) < 4.78 is 10.5. The molecule has 0 saturated heterocycles. The second-order valence-corrected chi connectivity index (χ2v) is 13.9. The number of aryl methyl sites for hydroxylation is 2. The number of benzene rings is 2. The van der Waals surface area contributed by atoms with Gasteiger partial charge in [0.15, 0.2) is 0 Å². The first-order chi connectivity index (χ1) is 23.3. The minimum absolute atomic E-state index is 0.0523. The van der Waals surface area contributed by atoms with Crippen LogP contribution in [0, 0.1) is 17.8 Å². The molecule has 0 amide bonds. The van der Waals surface area contributed by atoms with Crippen LogP contribution in [0.15, 0.2) is 79.4 Å². The van der Waals surface area contributed by atoms with Crippen LogP contribution in [0.3, 0.4) is 0 Å².